The molecular formula is C11H15BrN2O3S. The molecule has 1 aromatic rings. The summed E-state index contributed by atoms with van der Waals surface area (Å²) in [5.74, 6) is 0.150. The molecule has 0 bridgehead atoms. The monoisotopic (exact) mass is 334 g/mol. The van der Waals surface area contributed by atoms with Crippen LogP contribution in [0.5, 0.6) is 0 Å². The maximum Gasteiger partial charge on any atom is 0.239 e. The van der Waals surface area contributed by atoms with Crippen molar-refractivity contribution in [1.82, 2.24) is 0 Å². The fourth-order valence-corrected chi connectivity index (χ4v) is 3.04. The number of primary sulfonamides is 1. The van der Waals surface area contributed by atoms with Gasteiger partial charge in [0.1, 0.15) is 0 Å². The third kappa shape index (κ3) is 4.40. The van der Waals surface area contributed by atoms with Crippen LogP contribution in [0.3, 0.4) is 0 Å². The minimum Gasteiger partial charge on any atom is -0.326 e. The van der Waals surface area contributed by atoms with Crippen molar-refractivity contribution in [3.05, 3.63) is 22.7 Å². The number of sulfonamides is 1. The van der Waals surface area contributed by atoms with Gasteiger partial charge in [-0.15, -0.1) is 0 Å². The summed E-state index contributed by atoms with van der Waals surface area (Å²) in [7, 11) is -3.76. The molecule has 0 atom stereocenters. The van der Waals surface area contributed by atoms with Gasteiger partial charge in [-0.05, 0) is 40.0 Å². The van der Waals surface area contributed by atoms with Gasteiger partial charge in [-0.2, -0.15) is 0 Å². The van der Waals surface area contributed by atoms with E-state index in [1.807, 2.05) is 13.8 Å². The molecule has 0 saturated carbocycles. The minimum absolute atomic E-state index is 0.00985. The molecule has 0 radical (unpaired) electrons. The fourth-order valence-electron chi connectivity index (χ4n) is 1.39. The van der Waals surface area contributed by atoms with Gasteiger partial charge in [0.25, 0.3) is 0 Å². The molecule has 0 aliphatic carbocycles. The first-order valence-corrected chi connectivity index (χ1v) is 7.66. The molecule has 0 fully saturated rings. The summed E-state index contributed by atoms with van der Waals surface area (Å²) < 4.78 is 22.7. The van der Waals surface area contributed by atoms with Gasteiger partial charge in [-0.1, -0.05) is 13.8 Å². The molecule has 3 N–H and O–H groups in total. The van der Waals surface area contributed by atoms with Crippen LogP contribution in [0.15, 0.2) is 27.6 Å². The van der Waals surface area contributed by atoms with E-state index in [9.17, 15) is 13.2 Å². The largest absolute Gasteiger partial charge is 0.326 e. The molecule has 0 saturated heterocycles. The van der Waals surface area contributed by atoms with E-state index in [-0.39, 0.29) is 16.7 Å². The number of amides is 1. The molecule has 5 nitrogen and oxygen atoms in total. The van der Waals surface area contributed by atoms with Crippen LogP contribution in [0.1, 0.15) is 20.3 Å². The number of rotatable bonds is 4. The van der Waals surface area contributed by atoms with Crippen LogP contribution in [0.4, 0.5) is 5.69 Å². The predicted octanol–water partition coefficient (Wildman–Crippen LogP) is 2.08. The van der Waals surface area contributed by atoms with E-state index >= 15 is 0 Å². The van der Waals surface area contributed by atoms with Crippen LogP contribution in [0.25, 0.3) is 0 Å². The van der Waals surface area contributed by atoms with E-state index in [1.54, 1.807) is 0 Å². The lowest BCUT2D eigenvalue weighted by Crippen LogP contribution is -2.15. The highest BCUT2D eigenvalue weighted by Crippen LogP contribution is 2.24. The van der Waals surface area contributed by atoms with Gasteiger partial charge in [0.05, 0.1) is 4.90 Å². The van der Waals surface area contributed by atoms with E-state index in [0.717, 1.165) is 0 Å². The Hall–Kier alpha value is -0.920. The van der Waals surface area contributed by atoms with Crippen LogP contribution in [-0.2, 0) is 14.8 Å². The quantitative estimate of drug-likeness (QED) is 0.883. The molecule has 0 aromatic heterocycles. The van der Waals surface area contributed by atoms with Crippen molar-refractivity contribution >= 4 is 37.5 Å². The minimum atomic E-state index is -3.76. The van der Waals surface area contributed by atoms with Gasteiger partial charge >= 0.3 is 0 Å². The van der Waals surface area contributed by atoms with Crippen molar-refractivity contribution in [2.75, 3.05) is 5.32 Å². The maximum atomic E-state index is 11.5. The summed E-state index contributed by atoms with van der Waals surface area (Å²) in [6.45, 7) is 3.89. The average molecular weight is 335 g/mol. The number of hydrogen-bond acceptors (Lipinski definition) is 3. The van der Waals surface area contributed by atoms with Gasteiger partial charge < -0.3 is 5.32 Å². The van der Waals surface area contributed by atoms with Gasteiger partial charge in [-0.25, -0.2) is 13.6 Å². The number of anilines is 1. The highest BCUT2D eigenvalue weighted by molar-refractivity contribution is 9.10. The van der Waals surface area contributed by atoms with Crippen molar-refractivity contribution in [2.45, 2.75) is 25.2 Å². The highest BCUT2D eigenvalue weighted by atomic mass is 79.9. The molecule has 1 rings (SSSR count). The number of nitrogens with two attached hydrogens (primary N) is 1. The Balaban J connectivity index is 2.89. The van der Waals surface area contributed by atoms with Crippen molar-refractivity contribution in [3.8, 4) is 0 Å². The predicted molar refractivity (Wildman–Crippen MR) is 73.6 cm³/mol. The van der Waals surface area contributed by atoms with Crippen molar-refractivity contribution in [2.24, 2.45) is 11.1 Å². The van der Waals surface area contributed by atoms with Gasteiger partial charge in [0.2, 0.25) is 15.9 Å². The SMILES string of the molecule is CC(C)CC(=O)Nc1ccc(S(N)(=O)=O)c(Br)c1. The molecule has 18 heavy (non-hydrogen) atoms. The Morgan fingerprint density at radius 1 is 1.44 bits per heavy atom. The van der Waals surface area contributed by atoms with E-state index in [1.165, 1.54) is 18.2 Å². The second-order valence-electron chi connectivity index (χ2n) is 4.34. The summed E-state index contributed by atoms with van der Waals surface area (Å²) >= 11 is 3.11. The Labute approximate surface area is 115 Å². The van der Waals surface area contributed by atoms with E-state index in [4.69, 9.17) is 5.14 Å². The first-order valence-electron chi connectivity index (χ1n) is 5.32. The molecule has 0 heterocycles. The Morgan fingerprint density at radius 2 is 2.06 bits per heavy atom. The van der Waals surface area contributed by atoms with E-state index in [2.05, 4.69) is 21.2 Å². The smallest absolute Gasteiger partial charge is 0.239 e. The van der Waals surface area contributed by atoms with Crippen LogP contribution >= 0.6 is 15.9 Å². The topological polar surface area (TPSA) is 89.3 Å². The summed E-state index contributed by atoms with van der Waals surface area (Å²) in [5.41, 5.74) is 0.528. The lowest BCUT2D eigenvalue weighted by Gasteiger charge is -2.09. The third-order valence-corrected chi connectivity index (χ3v) is 4.00. The molecule has 0 spiro atoms. The molecular weight excluding hydrogens is 320 g/mol. The number of carbonyl (C=O) groups is 1. The zero-order valence-corrected chi connectivity index (χ0v) is 12.5. The first-order chi connectivity index (χ1) is 8.20. The standard InChI is InChI=1S/C11H15BrN2O3S/c1-7(2)5-11(15)14-8-3-4-10(9(12)6-8)18(13,16)17/h3-4,6-7H,5H2,1-2H3,(H,14,15)(H2,13,16,17). The third-order valence-electron chi connectivity index (χ3n) is 2.12. The number of hydrogen-bond donors (Lipinski definition) is 2. The van der Waals surface area contributed by atoms with Crippen molar-refractivity contribution in [1.29, 1.82) is 0 Å². The molecule has 1 amide bonds. The summed E-state index contributed by atoms with van der Waals surface area (Å²) in [5, 5.41) is 7.72. The Morgan fingerprint density at radius 3 is 2.50 bits per heavy atom. The number of carbonyl (C=O) groups excluding carboxylic acids is 1. The number of nitrogens with one attached hydrogen (secondary N) is 1. The zero-order chi connectivity index (χ0) is 13.9. The lowest BCUT2D eigenvalue weighted by atomic mass is 10.1. The van der Waals surface area contributed by atoms with Crippen molar-refractivity contribution < 1.29 is 13.2 Å². The second kappa shape index (κ2) is 5.81. The normalized spacial score (nSPS) is 11.6. The molecule has 1 aromatic carbocycles. The maximum absolute atomic E-state index is 11.5. The highest BCUT2D eigenvalue weighted by Gasteiger charge is 2.13. The number of benzene rings is 1. The Bertz CT molecular complexity index is 555. The van der Waals surface area contributed by atoms with Gasteiger partial charge in [0, 0.05) is 16.6 Å². The van der Waals surface area contributed by atoms with Crippen LogP contribution in [0.2, 0.25) is 0 Å². The second-order valence-corrected chi connectivity index (χ2v) is 6.72. The number of halogens is 1. The molecule has 100 valence electrons. The van der Waals surface area contributed by atoms with Gasteiger partial charge in [0.15, 0.2) is 0 Å². The van der Waals surface area contributed by atoms with Crippen LogP contribution in [-0.4, -0.2) is 14.3 Å². The summed E-state index contributed by atoms with van der Waals surface area (Å²) in [6.07, 6.45) is 0.411. The molecule has 0 unspecified atom stereocenters. The fraction of sp³-hybridized carbons (Fsp3) is 0.364. The average Bonchev–Trinajstić information content (AvgIpc) is 2.13. The first kappa shape index (κ1) is 15.1. The molecule has 7 heteroatoms. The molecule has 0 aliphatic rings. The van der Waals surface area contributed by atoms with E-state index < -0.39 is 10.0 Å². The summed E-state index contributed by atoms with van der Waals surface area (Å²) in [4.78, 5) is 11.5. The van der Waals surface area contributed by atoms with Crippen LogP contribution < -0.4 is 10.5 Å². The van der Waals surface area contributed by atoms with E-state index in [0.29, 0.717) is 16.6 Å². The lowest BCUT2D eigenvalue weighted by molar-refractivity contribution is -0.116. The van der Waals surface area contributed by atoms with Gasteiger partial charge in [-0.3, -0.25) is 4.79 Å². The Kier molecular flexibility index (Phi) is 4.89. The zero-order valence-electron chi connectivity index (χ0n) is 10.1. The van der Waals surface area contributed by atoms with Crippen molar-refractivity contribution in [3.63, 3.8) is 0 Å². The summed E-state index contributed by atoms with van der Waals surface area (Å²) in [6, 6.07) is 4.37. The van der Waals surface area contributed by atoms with Crippen LogP contribution in [0, 0.1) is 5.92 Å². The molecule has 0 aliphatic heterocycles.